The molecule has 0 amide bonds. The monoisotopic (exact) mass is 382 g/mol. The van der Waals surface area contributed by atoms with E-state index in [9.17, 15) is 0 Å². The second kappa shape index (κ2) is 6.83. The van der Waals surface area contributed by atoms with E-state index >= 15 is 0 Å². The lowest BCUT2D eigenvalue weighted by Gasteiger charge is -2.34. The van der Waals surface area contributed by atoms with Crippen LogP contribution >= 0.6 is 0 Å². The standard InChI is InChI=1S/C21H30N6O/c1-4-21-7-8-24(2)20(21)25(3)19-6-5-17(13-18(19)21)27-15-16(22-23-27)14-26-9-11-28-12-10-26/h5-6,13,15,20H,4,7-12,14H2,1-3H3/t20-,21+/m1/s1. The summed E-state index contributed by atoms with van der Waals surface area (Å²) >= 11 is 0. The van der Waals surface area contributed by atoms with Gasteiger partial charge in [0, 0.05) is 44.3 Å². The Bertz CT molecular complexity index is 860. The molecule has 28 heavy (non-hydrogen) atoms. The van der Waals surface area contributed by atoms with Gasteiger partial charge in [0.05, 0.1) is 37.0 Å². The van der Waals surface area contributed by atoms with Gasteiger partial charge in [0.15, 0.2) is 0 Å². The first-order chi connectivity index (χ1) is 13.6. The Hall–Kier alpha value is -1.96. The molecule has 2 fully saturated rings. The summed E-state index contributed by atoms with van der Waals surface area (Å²) in [5, 5.41) is 8.85. The highest BCUT2D eigenvalue weighted by molar-refractivity contribution is 5.67. The van der Waals surface area contributed by atoms with Crippen LogP contribution in [0.2, 0.25) is 0 Å². The molecule has 0 unspecified atom stereocenters. The lowest BCUT2D eigenvalue weighted by Crippen LogP contribution is -2.46. The molecule has 4 heterocycles. The Balaban J connectivity index is 1.44. The number of anilines is 1. The maximum atomic E-state index is 5.43. The van der Waals surface area contributed by atoms with Crippen LogP contribution in [-0.4, -0.2) is 77.9 Å². The van der Waals surface area contributed by atoms with Crippen LogP contribution in [0.5, 0.6) is 0 Å². The van der Waals surface area contributed by atoms with Crippen LogP contribution in [0.3, 0.4) is 0 Å². The first kappa shape index (κ1) is 18.1. The highest BCUT2D eigenvalue weighted by Crippen LogP contribution is 2.53. The fourth-order valence-electron chi connectivity index (χ4n) is 5.53. The molecule has 2 aromatic rings. The largest absolute Gasteiger partial charge is 0.379 e. The zero-order valence-corrected chi connectivity index (χ0v) is 17.1. The summed E-state index contributed by atoms with van der Waals surface area (Å²) in [4.78, 5) is 7.33. The van der Waals surface area contributed by atoms with Crippen molar-refractivity contribution in [2.45, 2.75) is 37.9 Å². The van der Waals surface area contributed by atoms with Gasteiger partial charge in [-0.25, -0.2) is 4.68 Å². The number of likely N-dealkylation sites (tertiary alicyclic amines) is 1. The molecule has 2 atom stereocenters. The number of ether oxygens (including phenoxy) is 1. The van der Waals surface area contributed by atoms with Gasteiger partial charge in [0.1, 0.15) is 0 Å². The summed E-state index contributed by atoms with van der Waals surface area (Å²) in [6, 6.07) is 6.78. The average Bonchev–Trinajstić information content (AvgIpc) is 3.38. The molecule has 2 saturated heterocycles. The lowest BCUT2D eigenvalue weighted by molar-refractivity contribution is 0.0336. The minimum atomic E-state index is 0.214. The van der Waals surface area contributed by atoms with Gasteiger partial charge in [-0.2, -0.15) is 0 Å². The van der Waals surface area contributed by atoms with Crippen LogP contribution in [0.4, 0.5) is 5.69 Å². The van der Waals surface area contributed by atoms with Gasteiger partial charge in [-0.1, -0.05) is 12.1 Å². The lowest BCUT2D eigenvalue weighted by atomic mass is 9.77. The molecular formula is C21H30N6O. The number of nitrogens with zero attached hydrogens (tertiary/aromatic N) is 6. The average molecular weight is 383 g/mol. The highest BCUT2D eigenvalue weighted by Gasteiger charge is 2.54. The highest BCUT2D eigenvalue weighted by atomic mass is 16.5. The fraction of sp³-hybridized carbons (Fsp3) is 0.619. The van der Waals surface area contributed by atoms with Gasteiger partial charge >= 0.3 is 0 Å². The van der Waals surface area contributed by atoms with Crippen molar-refractivity contribution in [1.29, 1.82) is 0 Å². The molecule has 0 spiro atoms. The van der Waals surface area contributed by atoms with Crippen LogP contribution < -0.4 is 4.90 Å². The van der Waals surface area contributed by atoms with Gasteiger partial charge in [-0.3, -0.25) is 9.80 Å². The zero-order valence-electron chi connectivity index (χ0n) is 17.1. The third-order valence-electron chi connectivity index (χ3n) is 7.01. The number of rotatable bonds is 4. The number of hydrogen-bond donors (Lipinski definition) is 0. The number of likely N-dealkylation sites (N-methyl/N-ethyl adjacent to an activating group) is 2. The predicted octanol–water partition coefficient (Wildman–Crippen LogP) is 1.86. The molecule has 1 aromatic heterocycles. The summed E-state index contributed by atoms with van der Waals surface area (Å²) < 4.78 is 7.37. The Morgan fingerprint density at radius 1 is 1.18 bits per heavy atom. The van der Waals surface area contributed by atoms with Crippen molar-refractivity contribution in [2.75, 3.05) is 51.8 Å². The number of benzene rings is 1. The van der Waals surface area contributed by atoms with Crippen molar-refractivity contribution in [3.63, 3.8) is 0 Å². The van der Waals surface area contributed by atoms with Crippen LogP contribution in [0.1, 0.15) is 31.0 Å². The van der Waals surface area contributed by atoms with E-state index in [4.69, 9.17) is 4.74 Å². The second-order valence-electron chi connectivity index (χ2n) is 8.47. The van der Waals surface area contributed by atoms with E-state index < -0.39 is 0 Å². The molecule has 3 aliphatic rings. The quantitative estimate of drug-likeness (QED) is 0.805. The molecular weight excluding hydrogens is 352 g/mol. The molecule has 0 radical (unpaired) electrons. The number of fused-ring (bicyclic) bond motifs is 3. The first-order valence-corrected chi connectivity index (χ1v) is 10.4. The summed E-state index contributed by atoms with van der Waals surface area (Å²) in [6.45, 7) is 7.86. The fourth-order valence-corrected chi connectivity index (χ4v) is 5.53. The van der Waals surface area contributed by atoms with Crippen molar-refractivity contribution in [1.82, 2.24) is 24.8 Å². The first-order valence-electron chi connectivity index (χ1n) is 10.4. The van der Waals surface area contributed by atoms with Crippen molar-refractivity contribution < 1.29 is 4.74 Å². The van der Waals surface area contributed by atoms with Crippen LogP contribution in [0.25, 0.3) is 5.69 Å². The van der Waals surface area contributed by atoms with E-state index in [0.29, 0.717) is 6.17 Å². The van der Waals surface area contributed by atoms with E-state index in [0.717, 1.165) is 57.2 Å². The normalized spacial score (nSPS) is 28.0. The molecule has 5 rings (SSSR count). The van der Waals surface area contributed by atoms with Crippen molar-refractivity contribution in [3.8, 4) is 5.69 Å². The molecule has 1 aromatic carbocycles. The number of hydrogen-bond acceptors (Lipinski definition) is 6. The molecule has 0 saturated carbocycles. The molecule has 7 heteroatoms. The molecule has 0 bridgehead atoms. The Labute approximate surface area is 166 Å². The topological polar surface area (TPSA) is 49.7 Å². The van der Waals surface area contributed by atoms with Gasteiger partial charge in [-0.05, 0) is 43.7 Å². The van der Waals surface area contributed by atoms with E-state index in [2.05, 4.69) is 70.4 Å². The number of morpholine rings is 1. The predicted molar refractivity (Wildman–Crippen MR) is 109 cm³/mol. The summed E-state index contributed by atoms with van der Waals surface area (Å²) in [5.74, 6) is 0. The minimum absolute atomic E-state index is 0.214. The third-order valence-corrected chi connectivity index (χ3v) is 7.01. The van der Waals surface area contributed by atoms with Crippen LogP contribution in [0.15, 0.2) is 24.4 Å². The van der Waals surface area contributed by atoms with E-state index in [1.54, 1.807) is 0 Å². The maximum Gasteiger partial charge on any atom is 0.0971 e. The second-order valence-corrected chi connectivity index (χ2v) is 8.47. The van der Waals surface area contributed by atoms with E-state index in [1.165, 1.54) is 17.7 Å². The summed E-state index contributed by atoms with van der Waals surface area (Å²) in [6.07, 6.45) is 4.90. The zero-order chi connectivity index (χ0) is 19.3. The van der Waals surface area contributed by atoms with Crippen LogP contribution in [-0.2, 0) is 16.7 Å². The van der Waals surface area contributed by atoms with E-state index in [-0.39, 0.29) is 5.41 Å². The minimum Gasteiger partial charge on any atom is -0.379 e. The number of aromatic nitrogens is 3. The maximum absolute atomic E-state index is 5.43. The van der Waals surface area contributed by atoms with Gasteiger partial charge in [0.25, 0.3) is 0 Å². The summed E-state index contributed by atoms with van der Waals surface area (Å²) in [7, 11) is 4.49. The van der Waals surface area contributed by atoms with Crippen LogP contribution in [0, 0.1) is 0 Å². The van der Waals surface area contributed by atoms with Crippen molar-refractivity contribution >= 4 is 5.69 Å². The third kappa shape index (κ3) is 2.68. The molecule has 0 N–H and O–H groups in total. The van der Waals surface area contributed by atoms with Crippen molar-refractivity contribution in [2.24, 2.45) is 0 Å². The Kier molecular flexibility index (Phi) is 4.41. The molecule has 0 aliphatic carbocycles. The summed E-state index contributed by atoms with van der Waals surface area (Å²) in [5.41, 5.74) is 5.16. The van der Waals surface area contributed by atoms with Gasteiger partial charge in [0.2, 0.25) is 0 Å². The Morgan fingerprint density at radius 2 is 2.00 bits per heavy atom. The molecule has 150 valence electrons. The molecule has 7 nitrogen and oxygen atoms in total. The Morgan fingerprint density at radius 3 is 2.79 bits per heavy atom. The SMILES string of the molecule is CC[C@@]12CCN(C)[C@@H]1N(C)c1ccc(-n3cc(CN4CCOCC4)nn3)cc12. The smallest absolute Gasteiger partial charge is 0.0971 e. The van der Waals surface area contributed by atoms with Gasteiger partial charge < -0.3 is 9.64 Å². The molecule has 3 aliphatic heterocycles. The van der Waals surface area contributed by atoms with E-state index in [1.807, 2.05) is 4.68 Å². The van der Waals surface area contributed by atoms with Crippen molar-refractivity contribution in [3.05, 3.63) is 35.7 Å². The van der Waals surface area contributed by atoms with Gasteiger partial charge in [-0.15, -0.1) is 5.10 Å².